The molecule has 0 bridgehead atoms. The molecule has 2 N–H and O–H groups in total. The first-order chi connectivity index (χ1) is 6.27. The van der Waals surface area contributed by atoms with Crippen molar-refractivity contribution in [1.29, 1.82) is 0 Å². The maximum absolute atomic E-state index is 5.66. The number of aryl methyl sites for hydroxylation is 1. The molecule has 2 aromatic heterocycles. The first kappa shape index (κ1) is 7.72. The summed E-state index contributed by atoms with van der Waals surface area (Å²) in [4.78, 5) is 3.95. The normalized spacial score (nSPS) is 10.2. The maximum Gasteiger partial charge on any atom is 0.149 e. The molecule has 0 spiro atoms. The third-order valence-electron chi connectivity index (χ3n) is 1.67. The van der Waals surface area contributed by atoms with Crippen LogP contribution in [0.25, 0.3) is 5.69 Å². The van der Waals surface area contributed by atoms with Gasteiger partial charge < -0.3 is 5.73 Å². The highest BCUT2D eigenvalue weighted by Gasteiger charge is 2.02. The number of hydrogen-bond acceptors (Lipinski definition) is 4. The van der Waals surface area contributed by atoms with E-state index in [1.165, 1.54) is 0 Å². The molecular weight excluding hydrogens is 166 g/mol. The average Bonchev–Trinajstić information content (AvgIpc) is 2.53. The van der Waals surface area contributed by atoms with Gasteiger partial charge in [0, 0.05) is 6.20 Å². The Labute approximate surface area is 75.2 Å². The maximum atomic E-state index is 5.66. The standard InChI is InChI=1S/C8H9N5/c1-6-5-13(12-11-6)7-3-2-4-10-8(7)9/h2-5H,1H3,(H2,9,10). The molecule has 2 aromatic rings. The molecule has 0 fully saturated rings. The van der Waals surface area contributed by atoms with Gasteiger partial charge in [-0.2, -0.15) is 0 Å². The van der Waals surface area contributed by atoms with Gasteiger partial charge >= 0.3 is 0 Å². The lowest BCUT2D eigenvalue weighted by atomic mass is 10.4. The zero-order valence-corrected chi connectivity index (χ0v) is 7.18. The van der Waals surface area contributed by atoms with Crippen LogP contribution in [0.5, 0.6) is 0 Å². The molecule has 0 aliphatic rings. The van der Waals surface area contributed by atoms with Crippen LogP contribution in [0.1, 0.15) is 5.69 Å². The van der Waals surface area contributed by atoms with E-state index in [2.05, 4.69) is 15.3 Å². The minimum Gasteiger partial charge on any atom is -0.382 e. The Hall–Kier alpha value is -1.91. The highest BCUT2D eigenvalue weighted by Crippen LogP contribution is 2.11. The van der Waals surface area contributed by atoms with Crippen LogP contribution in [0.4, 0.5) is 5.82 Å². The third kappa shape index (κ3) is 1.35. The van der Waals surface area contributed by atoms with E-state index >= 15 is 0 Å². The number of nitrogens with two attached hydrogens (primary N) is 1. The molecule has 5 heteroatoms. The predicted molar refractivity (Wildman–Crippen MR) is 48.3 cm³/mol. The van der Waals surface area contributed by atoms with E-state index in [1.54, 1.807) is 17.1 Å². The van der Waals surface area contributed by atoms with Gasteiger partial charge in [0.2, 0.25) is 0 Å². The minimum absolute atomic E-state index is 0.451. The first-order valence-corrected chi connectivity index (χ1v) is 3.87. The SMILES string of the molecule is Cc1cn(-c2cccnc2N)nn1. The van der Waals surface area contributed by atoms with Gasteiger partial charge in [0.15, 0.2) is 0 Å². The van der Waals surface area contributed by atoms with Crippen LogP contribution in [-0.2, 0) is 0 Å². The summed E-state index contributed by atoms with van der Waals surface area (Å²) in [6.07, 6.45) is 3.44. The van der Waals surface area contributed by atoms with Gasteiger partial charge in [0.05, 0.1) is 11.9 Å². The lowest BCUT2D eigenvalue weighted by Gasteiger charge is -2.01. The van der Waals surface area contributed by atoms with Crippen LogP contribution >= 0.6 is 0 Å². The smallest absolute Gasteiger partial charge is 0.149 e. The zero-order chi connectivity index (χ0) is 9.26. The molecule has 0 aliphatic carbocycles. The summed E-state index contributed by atoms with van der Waals surface area (Å²) in [5.41, 5.74) is 7.27. The summed E-state index contributed by atoms with van der Waals surface area (Å²) in [6, 6.07) is 3.65. The van der Waals surface area contributed by atoms with Crippen LogP contribution in [0.3, 0.4) is 0 Å². The molecule has 0 unspecified atom stereocenters. The molecule has 13 heavy (non-hydrogen) atoms. The summed E-state index contributed by atoms with van der Waals surface area (Å²) in [5, 5.41) is 7.76. The number of rotatable bonds is 1. The van der Waals surface area contributed by atoms with Crippen LogP contribution < -0.4 is 5.73 Å². The van der Waals surface area contributed by atoms with Crippen molar-refractivity contribution >= 4 is 5.82 Å². The molecule has 2 rings (SSSR count). The van der Waals surface area contributed by atoms with Gasteiger partial charge in [0.25, 0.3) is 0 Å². The average molecular weight is 175 g/mol. The van der Waals surface area contributed by atoms with Crippen LogP contribution in [-0.4, -0.2) is 20.0 Å². The van der Waals surface area contributed by atoms with E-state index in [9.17, 15) is 0 Å². The molecule has 0 amide bonds. The fourth-order valence-corrected chi connectivity index (χ4v) is 1.07. The molecule has 5 nitrogen and oxygen atoms in total. The topological polar surface area (TPSA) is 69.6 Å². The summed E-state index contributed by atoms with van der Waals surface area (Å²) in [6.45, 7) is 1.87. The van der Waals surface area contributed by atoms with Crippen molar-refractivity contribution in [3.8, 4) is 5.69 Å². The summed E-state index contributed by atoms with van der Waals surface area (Å²) < 4.78 is 1.61. The molecule has 0 aliphatic heterocycles. The second-order valence-corrected chi connectivity index (χ2v) is 2.71. The fourth-order valence-electron chi connectivity index (χ4n) is 1.07. The van der Waals surface area contributed by atoms with Crippen molar-refractivity contribution in [2.24, 2.45) is 0 Å². The highest BCUT2D eigenvalue weighted by molar-refractivity contribution is 5.50. The van der Waals surface area contributed by atoms with Crippen molar-refractivity contribution < 1.29 is 0 Å². The van der Waals surface area contributed by atoms with E-state index in [0.717, 1.165) is 11.4 Å². The third-order valence-corrected chi connectivity index (χ3v) is 1.67. The number of nitrogens with zero attached hydrogens (tertiary/aromatic N) is 4. The molecule has 0 saturated heterocycles. The van der Waals surface area contributed by atoms with Crippen molar-refractivity contribution in [3.05, 3.63) is 30.2 Å². The van der Waals surface area contributed by atoms with Gasteiger partial charge in [-0.3, -0.25) is 0 Å². The number of anilines is 1. The van der Waals surface area contributed by atoms with Crippen LogP contribution in [0.15, 0.2) is 24.5 Å². The predicted octanol–water partition coefficient (Wildman–Crippen LogP) is 0.553. The quantitative estimate of drug-likeness (QED) is 0.687. The zero-order valence-electron chi connectivity index (χ0n) is 7.18. The van der Waals surface area contributed by atoms with Gasteiger partial charge in [-0.15, -0.1) is 5.10 Å². The van der Waals surface area contributed by atoms with Crippen molar-refractivity contribution in [2.45, 2.75) is 6.92 Å². The fraction of sp³-hybridized carbons (Fsp3) is 0.125. The van der Waals surface area contributed by atoms with Gasteiger partial charge in [0.1, 0.15) is 11.5 Å². The largest absolute Gasteiger partial charge is 0.382 e. The molecular formula is C8H9N5. The first-order valence-electron chi connectivity index (χ1n) is 3.87. The van der Waals surface area contributed by atoms with E-state index in [1.807, 2.05) is 19.1 Å². The van der Waals surface area contributed by atoms with Gasteiger partial charge in [-0.1, -0.05) is 5.21 Å². The monoisotopic (exact) mass is 175 g/mol. The Morgan fingerprint density at radius 2 is 2.31 bits per heavy atom. The molecule has 0 saturated carbocycles. The van der Waals surface area contributed by atoms with Crippen LogP contribution in [0, 0.1) is 6.92 Å². The number of hydrogen-bond donors (Lipinski definition) is 1. The lowest BCUT2D eigenvalue weighted by Crippen LogP contribution is -2.01. The number of nitrogen functional groups attached to an aromatic ring is 1. The van der Waals surface area contributed by atoms with Crippen LogP contribution in [0.2, 0.25) is 0 Å². The Bertz CT molecular complexity index is 420. The van der Waals surface area contributed by atoms with E-state index in [0.29, 0.717) is 5.82 Å². The van der Waals surface area contributed by atoms with Gasteiger partial charge in [-0.25, -0.2) is 9.67 Å². The van der Waals surface area contributed by atoms with Gasteiger partial charge in [-0.05, 0) is 19.1 Å². The Balaban J connectivity index is 2.52. The molecule has 0 aromatic carbocycles. The Kier molecular flexibility index (Phi) is 1.70. The van der Waals surface area contributed by atoms with E-state index in [-0.39, 0.29) is 0 Å². The van der Waals surface area contributed by atoms with Crippen molar-refractivity contribution in [3.63, 3.8) is 0 Å². The van der Waals surface area contributed by atoms with Crippen molar-refractivity contribution in [1.82, 2.24) is 20.0 Å². The molecule has 2 heterocycles. The summed E-state index contributed by atoms with van der Waals surface area (Å²) >= 11 is 0. The summed E-state index contributed by atoms with van der Waals surface area (Å²) in [7, 11) is 0. The highest BCUT2D eigenvalue weighted by atomic mass is 15.4. The lowest BCUT2D eigenvalue weighted by molar-refractivity contribution is 0.799. The summed E-state index contributed by atoms with van der Waals surface area (Å²) in [5.74, 6) is 0.451. The Morgan fingerprint density at radius 3 is 2.92 bits per heavy atom. The number of aromatic nitrogens is 4. The molecule has 66 valence electrons. The second-order valence-electron chi connectivity index (χ2n) is 2.71. The molecule has 0 atom stereocenters. The number of pyridine rings is 1. The molecule has 0 radical (unpaired) electrons. The second kappa shape index (κ2) is 2.85. The van der Waals surface area contributed by atoms with Crippen molar-refractivity contribution in [2.75, 3.05) is 5.73 Å². The van der Waals surface area contributed by atoms with E-state index in [4.69, 9.17) is 5.73 Å². The van der Waals surface area contributed by atoms with E-state index < -0.39 is 0 Å². The minimum atomic E-state index is 0.451. The Morgan fingerprint density at radius 1 is 1.46 bits per heavy atom.